The van der Waals surface area contributed by atoms with Gasteiger partial charge in [-0.3, -0.25) is 0 Å². The van der Waals surface area contributed by atoms with Crippen molar-refractivity contribution < 1.29 is 15.3 Å². The van der Waals surface area contributed by atoms with E-state index in [1.54, 1.807) is 41.5 Å². The first kappa shape index (κ1) is 26.4. The second kappa shape index (κ2) is 25.7. The van der Waals surface area contributed by atoms with Gasteiger partial charge >= 0.3 is 0 Å². The summed E-state index contributed by atoms with van der Waals surface area (Å²) in [6.45, 7) is 14.8. The molecular formula is C15H38O3. The second-order valence-corrected chi connectivity index (χ2v) is 4.99. The molecule has 0 radical (unpaired) electrons. The van der Waals surface area contributed by atoms with Gasteiger partial charge in [0, 0.05) is 18.3 Å². The van der Waals surface area contributed by atoms with Gasteiger partial charge in [-0.15, -0.1) is 0 Å². The standard InChI is InChI=1S/C6H14.3C3H8O/c1-3-5-6-4-2;3*1-3(2)4/h3-6H2,1-2H3;3*3-4H,1-2H3. The first-order valence-electron chi connectivity index (χ1n) is 7.15. The highest BCUT2D eigenvalue weighted by molar-refractivity contribution is 4.31. The molecule has 0 fully saturated rings. The predicted molar refractivity (Wildman–Crippen MR) is 81.9 cm³/mol. The van der Waals surface area contributed by atoms with Crippen molar-refractivity contribution in [3.63, 3.8) is 0 Å². The fourth-order valence-corrected chi connectivity index (χ4v) is 0.500. The largest absolute Gasteiger partial charge is 0.394 e. The van der Waals surface area contributed by atoms with Crippen LogP contribution in [0.5, 0.6) is 0 Å². The van der Waals surface area contributed by atoms with Crippen LogP contribution in [0.3, 0.4) is 0 Å². The number of rotatable bonds is 3. The zero-order valence-electron chi connectivity index (χ0n) is 13.9. The van der Waals surface area contributed by atoms with E-state index in [0.717, 1.165) is 0 Å². The molecule has 0 saturated heterocycles. The van der Waals surface area contributed by atoms with E-state index in [4.69, 9.17) is 15.3 Å². The minimum atomic E-state index is -0.167. The van der Waals surface area contributed by atoms with Gasteiger partial charge in [-0.05, 0) is 41.5 Å². The maximum atomic E-state index is 8.06. The van der Waals surface area contributed by atoms with Crippen molar-refractivity contribution in [1.82, 2.24) is 0 Å². The van der Waals surface area contributed by atoms with Crippen molar-refractivity contribution in [2.45, 2.75) is 99.4 Å². The molecule has 0 aliphatic carbocycles. The van der Waals surface area contributed by atoms with Crippen LogP contribution in [0.2, 0.25) is 0 Å². The lowest BCUT2D eigenvalue weighted by atomic mass is 10.2. The Balaban J connectivity index is -0.0000000742. The molecule has 0 aliphatic heterocycles. The number of aliphatic hydroxyl groups is 3. The average Bonchev–Trinajstić information content (AvgIpc) is 2.11. The Labute approximate surface area is 115 Å². The van der Waals surface area contributed by atoms with Crippen LogP contribution in [0.25, 0.3) is 0 Å². The van der Waals surface area contributed by atoms with Crippen LogP contribution in [0.4, 0.5) is 0 Å². The zero-order valence-corrected chi connectivity index (χ0v) is 13.9. The third-order valence-electron chi connectivity index (χ3n) is 0.957. The average molecular weight is 266 g/mol. The molecular weight excluding hydrogens is 228 g/mol. The number of hydrogen-bond acceptors (Lipinski definition) is 3. The Morgan fingerprint density at radius 3 is 0.722 bits per heavy atom. The van der Waals surface area contributed by atoms with Gasteiger partial charge in [0.2, 0.25) is 0 Å². The monoisotopic (exact) mass is 266 g/mol. The van der Waals surface area contributed by atoms with Gasteiger partial charge in [-0.2, -0.15) is 0 Å². The SMILES string of the molecule is CC(C)O.CC(C)O.CC(C)O.CCCCCC. The van der Waals surface area contributed by atoms with Crippen LogP contribution in [-0.4, -0.2) is 33.6 Å². The lowest BCUT2D eigenvalue weighted by Gasteiger charge is -1.86. The van der Waals surface area contributed by atoms with Crippen molar-refractivity contribution in [3.05, 3.63) is 0 Å². The lowest BCUT2D eigenvalue weighted by molar-refractivity contribution is 0.215. The maximum absolute atomic E-state index is 8.06. The Hall–Kier alpha value is -0.120. The number of unbranched alkanes of at least 4 members (excludes halogenated alkanes) is 3. The van der Waals surface area contributed by atoms with Crippen molar-refractivity contribution >= 4 is 0 Å². The second-order valence-electron chi connectivity index (χ2n) is 4.99. The summed E-state index contributed by atoms with van der Waals surface area (Å²) in [5.74, 6) is 0. The lowest BCUT2D eigenvalue weighted by Crippen LogP contribution is -1.85. The maximum Gasteiger partial charge on any atom is 0.0483 e. The van der Waals surface area contributed by atoms with Crippen molar-refractivity contribution in [2.24, 2.45) is 0 Å². The molecule has 0 atom stereocenters. The molecule has 0 aromatic heterocycles. The van der Waals surface area contributed by atoms with Gasteiger partial charge in [0.1, 0.15) is 0 Å². The highest BCUT2D eigenvalue weighted by Crippen LogP contribution is 1.95. The Morgan fingerprint density at radius 1 is 0.556 bits per heavy atom. The summed E-state index contributed by atoms with van der Waals surface area (Å²) in [5.41, 5.74) is 0. The van der Waals surface area contributed by atoms with Gasteiger partial charge in [0.15, 0.2) is 0 Å². The fourth-order valence-electron chi connectivity index (χ4n) is 0.500. The third-order valence-corrected chi connectivity index (χ3v) is 0.957. The van der Waals surface area contributed by atoms with E-state index < -0.39 is 0 Å². The Kier molecular flexibility index (Phi) is 37.7. The van der Waals surface area contributed by atoms with E-state index in [2.05, 4.69) is 13.8 Å². The molecule has 3 N–H and O–H groups in total. The smallest absolute Gasteiger partial charge is 0.0483 e. The van der Waals surface area contributed by atoms with Crippen LogP contribution < -0.4 is 0 Å². The molecule has 18 heavy (non-hydrogen) atoms. The normalized spacial score (nSPS) is 9.00. The fraction of sp³-hybridized carbons (Fsp3) is 1.00. The van der Waals surface area contributed by atoms with Crippen LogP contribution in [0.15, 0.2) is 0 Å². The summed E-state index contributed by atoms with van der Waals surface area (Å²) in [6, 6.07) is 0. The van der Waals surface area contributed by atoms with Crippen molar-refractivity contribution in [1.29, 1.82) is 0 Å². The summed E-state index contributed by atoms with van der Waals surface area (Å²) in [4.78, 5) is 0. The molecule has 0 saturated carbocycles. The van der Waals surface area contributed by atoms with Crippen LogP contribution >= 0.6 is 0 Å². The first-order chi connectivity index (χ1) is 8.11. The number of hydrogen-bond donors (Lipinski definition) is 3. The molecule has 116 valence electrons. The summed E-state index contributed by atoms with van der Waals surface area (Å²) in [5, 5.41) is 24.2. The summed E-state index contributed by atoms with van der Waals surface area (Å²) in [7, 11) is 0. The van der Waals surface area contributed by atoms with Crippen molar-refractivity contribution in [3.8, 4) is 0 Å². The van der Waals surface area contributed by atoms with Crippen LogP contribution in [0.1, 0.15) is 81.1 Å². The Morgan fingerprint density at radius 2 is 0.667 bits per heavy atom. The summed E-state index contributed by atoms with van der Waals surface area (Å²) in [6.07, 6.45) is 5.04. The van der Waals surface area contributed by atoms with Gasteiger partial charge in [-0.25, -0.2) is 0 Å². The molecule has 0 aromatic rings. The van der Waals surface area contributed by atoms with Gasteiger partial charge in [0.25, 0.3) is 0 Å². The molecule has 0 heterocycles. The van der Waals surface area contributed by atoms with Gasteiger partial charge in [-0.1, -0.05) is 39.5 Å². The van der Waals surface area contributed by atoms with E-state index in [1.807, 2.05) is 0 Å². The van der Waals surface area contributed by atoms with E-state index in [-0.39, 0.29) is 18.3 Å². The minimum absolute atomic E-state index is 0.167. The minimum Gasteiger partial charge on any atom is -0.394 e. The van der Waals surface area contributed by atoms with E-state index in [1.165, 1.54) is 25.7 Å². The molecule has 0 unspecified atom stereocenters. The van der Waals surface area contributed by atoms with Gasteiger partial charge in [0.05, 0.1) is 0 Å². The zero-order chi connectivity index (χ0) is 15.6. The topological polar surface area (TPSA) is 60.7 Å². The molecule has 0 rings (SSSR count). The van der Waals surface area contributed by atoms with E-state index in [0.29, 0.717) is 0 Å². The molecule has 0 aromatic carbocycles. The highest BCUT2D eigenvalue weighted by atomic mass is 16.3. The summed E-state index contributed by atoms with van der Waals surface area (Å²) >= 11 is 0. The molecule has 0 amide bonds. The third kappa shape index (κ3) is 424. The highest BCUT2D eigenvalue weighted by Gasteiger charge is 1.75. The molecule has 3 heteroatoms. The Bertz CT molecular complexity index is 75.4. The summed E-state index contributed by atoms with van der Waals surface area (Å²) < 4.78 is 0. The van der Waals surface area contributed by atoms with E-state index >= 15 is 0 Å². The molecule has 0 spiro atoms. The quantitative estimate of drug-likeness (QED) is 0.682. The predicted octanol–water partition coefficient (Wildman–Crippen LogP) is 3.75. The van der Waals surface area contributed by atoms with E-state index in [9.17, 15) is 0 Å². The molecule has 0 bridgehead atoms. The van der Waals surface area contributed by atoms with Crippen LogP contribution in [-0.2, 0) is 0 Å². The molecule has 3 nitrogen and oxygen atoms in total. The first-order valence-corrected chi connectivity index (χ1v) is 7.15. The van der Waals surface area contributed by atoms with Gasteiger partial charge < -0.3 is 15.3 Å². The van der Waals surface area contributed by atoms with Crippen LogP contribution in [0, 0.1) is 0 Å². The van der Waals surface area contributed by atoms with Crippen molar-refractivity contribution in [2.75, 3.05) is 0 Å². The number of aliphatic hydroxyl groups excluding tert-OH is 3. The molecule has 0 aliphatic rings.